The normalized spacial score (nSPS) is 33.7. The van der Waals surface area contributed by atoms with Crippen LogP contribution < -0.4 is 4.90 Å². The molecule has 1 spiro atoms. The van der Waals surface area contributed by atoms with Crippen molar-refractivity contribution in [1.82, 2.24) is 9.80 Å². The van der Waals surface area contributed by atoms with Crippen molar-refractivity contribution in [3.8, 4) is 0 Å². The highest BCUT2D eigenvalue weighted by molar-refractivity contribution is 6.03. The Morgan fingerprint density at radius 2 is 1.76 bits per heavy atom. The third-order valence-corrected chi connectivity index (χ3v) is 7.56. The Labute approximate surface area is 199 Å². The first kappa shape index (κ1) is 22.8. The molecule has 180 valence electrons. The van der Waals surface area contributed by atoms with Crippen LogP contribution in [0.4, 0.5) is 5.69 Å². The lowest BCUT2D eigenvalue weighted by Gasteiger charge is -2.38. The molecule has 4 heterocycles. The lowest BCUT2D eigenvalue weighted by Crippen LogP contribution is -2.58. The zero-order valence-electron chi connectivity index (χ0n) is 19.7. The number of aliphatic hydroxyl groups excluding tert-OH is 1. The summed E-state index contributed by atoms with van der Waals surface area (Å²) in [5, 5.41) is 9.95. The quantitative estimate of drug-likeness (QED) is 0.678. The van der Waals surface area contributed by atoms with Crippen LogP contribution in [0.25, 0.3) is 0 Å². The molecule has 0 saturated carbocycles. The summed E-state index contributed by atoms with van der Waals surface area (Å²) in [7, 11) is 0. The second kappa shape index (κ2) is 8.36. The number of hydrogen-bond donors (Lipinski definition) is 1. The van der Waals surface area contributed by atoms with Crippen molar-refractivity contribution in [2.45, 2.75) is 50.6 Å². The first-order chi connectivity index (χ1) is 16.3. The topological polar surface area (TPSA) is 90.4 Å². The average Bonchev–Trinajstić information content (AvgIpc) is 3.14. The van der Waals surface area contributed by atoms with Crippen LogP contribution in [-0.2, 0) is 19.1 Å². The highest BCUT2D eigenvalue weighted by Crippen LogP contribution is 2.54. The molecule has 6 atom stereocenters. The van der Waals surface area contributed by atoms with Crippen LogP contribution in [0.5, 0.6) is 0 Å². The molecule has 3 amide bonds. The average molecular weight is 466 g/mol. The molecule has 0 radical (unpaired) electrons. The molecule has 2 fully saturated rings. The maximum absolute atomic E-state index is 14.0. The summed E-state index contributed by atoms with van der Waals surface area (Å²) in [6.45, 7) is 6.07. The highest BCUT2D eigenvalue weighted by Gasteiger charge is 2.72. The van der Waals surface area contributed by atoms with Gasteiger partial charge in [0.25, 0.3) is 0 Å². The van der Waals surface area contributed by atoms with Gasteiger partial charge in [-0.2, -0.15) is 0 Å². The second-order valence-electron chi connectivity index (χ2n) is 9.82. The van der Waals surface area contributed by atoms with Crippen molar-refractivity contribution < 1.29 is 24.2 Å². The van der Waals surface area contributed by atoms with E-state index >= 15 is 0 Å². The number of ether oxygens (including phenoxy) is 1. The van der Waals surface area contributed by atoms with Crippen molar-refractivity contribution in [2.24, 2.45) is 11.8 Å². The van der Waals surface area contributed by atoms with Crippen molar-refractivity contribution in [3.05, 3.63) is 54.6 Å². The Balaban J connectivity index is 1.63. The minimum Gasteiger partial charge on any atom is -0.394 e. The van der Waals surface area contributed by atoms with E-state index in [2.05, 4.69) is 0 Å². The van der Waals surface area contributed by atoms with Gasteiger partial charge in [-0.1, -0.05) is 42.5 Å². The SMILES string of the molecule is CC(C)N1CC=C[C@]23O[C@H]4C=CCN(c5ccccc5)C(=O)[C@H]4[C@H]2C(=O)N([C@H](C)CO)C3C1=O. The fraction of sp³-hybridized carbons (Fsp3) is 0.500. The van der Waals surface area contributed by atoms with Crippen molar-refractivity contribution >= 4 is 23.4 Å². The standard InChI is InChI=1S/C26H31N3O5/c1-16(2)27-14-8-12-26-21(24(32)29(17(3)15-30)22(26)25(27)33)20-19(34-26)11-7-13-28(23(20)31)18-9-5-4-6-10-18/h4-12,16-17,19-22,30H,13-15H2,1-3H3/t17-,19+,20-,21+,22?,26+/m1/s1. The number of nitrogens with zero attached hydrogens (tertiary/aromatic N) is 3. The van der Waals surface area contributed by atoms with Crippen LogP contribution in [0.2, 0.25) is 0 Å². The van der Waals surface area contributed by atoms with Gasteiger partial charge in [0, 0.05) is 24.8 Å². The van der Waals surface area contributed by atoms with Crippen LogP contribution >= 0.6 is 0 Å². The lowest BCUT2D eigenvalue weighted by atomic mass is 9.77. The number of fused-ring (bicyclic) bond motifs is 2. The minimum atomic E-state index is -1.27. The third-order valence-electron chi connectivity index (χ3n) is 7.56. The monoisotopic (exact) mass is 465 g/mol. The number of carbonyl (C=O) groups excluding carboxylic acids is 3. The summed E-state index contributed by atoms with van der Waals surface area (Å²) in [5.41, 5.74) is -0.518. The summed E-state index contributed by atoms with van der Waals surface area (Å²) in [5.74, 6) is -2.36. The zero-order chi connectivity index (χ0) is 24.2. The summed E-state index contributed by atoms with van der Waals surface area (Å²) in [6, 6.07) is 7.76. The van der Waals surface area contributed by atoms with Crippen LogP contribution in [0.3, 0.4) is 0 Å². The van der Waals surface area contributed by atoms with Gasteiger partial charge in [0.05, 0.1) is 30.6 Å². The van der Waals surface area contributed by atoms with E-state index in [1.54, 1.807) is 16.7 Å². The number of aliphatic hydroxyl groups is 1. The van der Waals surface area contributed by atoms with Gasteiger partial charge < -0.3 is 24.5 Å². The molecule has 1 aromatic carbocycles. The van der Waals surface area contributed by atoms with Gasteiger partial charge in [0.15, 0.2) is 0 Å². The lowest BCUT2D eigenvalue weighted by molar-refractivity contribution is -0.151. The van der Waals surface area contributed by atoms with Crippen LogP contribution in [0, 0.1) is 11.8 Å². The van der Waals surface area contributed by atoms with Gasteiger partial charge in [0.1, 0.15) is 11.6 Å². The maximum atomic E-state index is 14.0. The summed E-state index contributed by atoms with van der Waals surface area (Å²) < 4.78 is 6.58. The Kier molecular flexibility index (Phi) is 5.61. The molecule has 4 aliphatic rings. The molecule has 1 unspecified atom stereocenters. The van der Waals surface area contributed by atoms with Gasteiger partial charge >= 0.3 is 0 Å². The number of likely N-dealkylation sites (tertiary alicyclic amines) is 1. The number of hydrogen-bond acceptors (Lipinski definition) is 5. The van der Waals surface area contributed by atoms with E-state index in [9.17, 15) is 19.5 Å². The van der Waals surface area contributed by atoms with Crippen LogP contribution in [-0.4, -0.2) is 82.2 Å². The summed E-state index contributed by atoms with van der Waals surface area (Å²) in [4.78, 5) is 46.6. The first-order valence-electron chi connectivity index (χ1n) is 11.9. The van der Waals surface area contributed by atoms with E-state index in [1.807, 2.05) is 68.5 Å². The molecule has 5 rings (SSSR count). The number of amides is 3. The molecule has 0 aromatic heterocycles. The maximum Gasteiger partial charge on any atom is 0.249 e. The van der Waals surface area contributed by atoms with Gasteiger partial charge in [-0.25, -0.2) is 0 Å². The Morgan fingerprint density at radius 3 is 2.44 bits per heavy atom. The molecule has 8 heteroatoms. The predicted molar refractivity (Wildman–Crippen MR) is 126 cm³/mol. The molecule has 0 aliphatic carbocycles. The van der Waals surface area contributed by atoms with Crippen molar-refractivity contribution in [3.63, 3.8) is 0 Å². The van der Waals surface area contributed by atoms with Crippen molar-refractivity contribution in [1.29, 1.82) is 0 Å². The van der Waals surface area contributed by atoms with Gasteiger partial charge in [-0.3, -0.25) is 14.4 Å². The molecule has 1 N–H and O–H groups in total. The second-order valence-corrected chi connectivity index (χ2v) is 9.82. The molecule has 0 bridgehead atoms. The van der Waals surface area contributed by atoms with E-state index in [-0.39, 0.29) is 30.4 Å². The number of carbonyl (C=O) groups is 3. The predicted octanol–water partition coefficient (Wildman–Crippen LogP) is 1.36. The van der Waals surface area contributed by atoms with Gasteiger partial charge in [-0.05, 0) is 32.9 Å². The Morgan fingerprint density at radius 1 is 1.03 bits per heavy atom. The Bertz CT molecular complexity index is 1050. The summed E-state index contributed by atoms with van der Waals surface area (Å²) >= 11 is 0. The van der Waals surface area contributed by atoms with Crippen LogP contribution in [0.1, 0.15) is 20.8 Å². The number of rotatable bonds is 4. The number of benzene rings is 1. The van der Waals surface area contributed by atoms with Gasteiger partial charge in [0.2, 0.25) is 17.7 Å². The number of para-hydroxylation sites is 1. The van der Waals surface area contributed by atoms with E-state index in [0.29, 0.717) is 13.1 Å². The molecule has 8 nitrogen and oxygen atoms in total. The minimum absolute atomic E-state index is 0.0743. The fourth-order valence-electron chi connectivity index (χ4n) is 5.96. The van der Waals surface area contributed by atoms with E-state index in [4.69, 9.17) is 4.74 Å². The smallest absolute Gasteiger partial charge is 0.249 e. The highest BCUT2D eigenvalue weighted by atomic mass is 16.5. The molecular formula is C26H31N3O5. The van der Waals surface area contributed by atoms with E-state index in [0.717, 1.165) is 5.69 Å². The summed E-state index contributed by atoms with van der Waals surface area (Å²) in [6.07, 6.45) is 6.83. The molecular weight excluding hydrogens is 434 g/mol. The molecule has 34 heavy (non-hydrogen) atoms. The van der Waals surface area contributed by atoms with E-state index in [1.165, 1.54) is 4.90 Å². The molecule has 2 saturated heterocycles. The van der Waals surface area contributed by atoms with Crippen LogP contribution in [0.15, 0.2) is 54.6 Å². The molecule has 1 aromatic rings. The fourth-order valence-corrected chi connectivity index (χ4v) is 5.96. The first-order valence-corrected chi connectivity index (χ1v) is 11.9. The Hall–Kier alpha value is -2.97. The largest absolute Gasteiger partial charge is 0.394 e. The van der Waals surface area contributed by atoms with E-state index < -0.39 is 35.6 Å². The zero-order valence-corrected chi connectivity index (χ0v) is 19.7. The van der Waals surface area contributed by atoms with Crippen molar-refractivity contribution in [2.75, 3.05) is 24.6 Å². The van der Waals surface area contributed by atoms with Gasteiger partial charge in [-0.15, -0.1) is 0 Å². The number of anilines is 1. The molecule has 4 aliphatic heterocycles. The third kappa shape index (κ3) is 3.15.